The number of nitrogens with zero attached hydrogens (tertiary/aromatic N) is 2. The molecular weight excluding hydrogens is 519 g/mol. The number of phenolic OH excluding ortho intramolecular Hbond substituents is 1. The summed E-state index contributed by atoms with van der Waals surface area (Å²) in [6, 6.07) is 4.67. The number of imide groups is 2. The molecular formula is C27H30Cl2N2O6. The number of likely N-dealkylation sites (tertiary alicyclic amines) is 2. The molecule has 8 nitrogen and oxygen atoms in total. The minimum Gasteiger partial charge on any atom is -0.504 e. The summed E-state index contributed by atoms with van der Waals surface area (Å²) in [6.45, 7) is 7.50. The highest BCUT2D eigenvalue weighted by molar-refractivity contribution is 6.53. The number of phenols is 1. The van der Waals surface area contributed by atoms with Gasteiger partial charge in [0, 0.05) is 18.5 Å². The van der Waals surface area contributed by atoms with Crippen molar-refractivity contribution in [3.05, 3.63) is 35.4 Å². The van der Waals surface area contributed by atoms with E-state index in [1.807, 2.05) is 26.8 Å². The van der Waals surface area contributed by atoms with Crippen molar-refractivity contribution in [2.45, 2.75) is 61.7 Å². The van der Waals surface area contributed by atoms with Crippen molar-refractivity contribution < 1.29 is 29.0 Å². The van der Waals surface area contributed by atoms with E-state index >= 15 is 0 Å². The summed E-state index contributed by atoms with van der Waals surface area (Å²) >= 11 is 14.3. The molecule has 1 saturated carbocycles. The standard InChI is InChI=1S/C27H30Cl2N2O6/c1-6-37-18-11-13(7-10-17(18)32)20-14-8-9-15-19(22(34)31(21(15)33)25(2,3)4)16(14)12-26(28)23(35)30(5)24(36)27(20,26)29/h7-8,10-11,15-16,19-20,32H,6,9,12H2,1-5H3/t15-,16+,19-,20-,26+,27-/m0/s1. The van der Waals surface area contributed by atoms with Gasteiger partial charge in [0.25, 0.3) is 11.8 Å². The van der Waals surface area contributed by atoms with Crippen LogP contribution in [0.25, 0.3) is 0 Å². The molecule has 2 aliphatic carbocycles. The van der Waals surface area contributed by atoms with Crippen LogP contribution in [0.15, 0.2) is 29.8 Å². The largest absolute Gasteiger partial charge is 0.504 e. The van der Waals surface area contributed by atoms with Crippen LogP contribution in [0.1, 0.15) is 52.0 Å². The van der Waals surface area contributed by atoms with Crippen LogP contribution in [0.5, 0.6) is 11.5 Å². The van der Waals surface area contributed by atoms with Gasteiger partial charge in [0.15, 0.2) is 21.2 Å². The Hall–Kier alpha value is -2.58. The van der Waals surface area contributed by atoms with Crippen molar-refractivity contribution >= 4 is 46.8 Å². The molecule has 37 heavy (non-hydrogen) atoms. The summed E-state index contributed by atoms with van der Waals surface area (Å²) < 4.78 is 5.58. The number of alkyl halides is 2. The molecule has 0 spiro atoms. The van der Waals surface area contributed by atoms with E-state index in [0.29, 0.717) is 24.2 Å². The number of ether oxygens (including phenoxy) is 1. The van der Waals surface area contributed by atoms with Gasteiger partial charge in [0.2, 0.25) is 11.8 Å². The van der Waals surface area contributed by atoms with Gasteiger partial charge >= 0.3 is 0 Å². The minimum absolute atomic E-state index is 0.0517. The van der Waals surface area contributed by atoms with Crippen LogP contribution in [0.3, 0.4) is 0 Å². The van der Waals surface area contributed by atoms with Gasteiger partial charge in [0.05, 0.1) is 18.4 Å². The van der Waals surface area contributed by atoms with Crippen LogP contribution in [0.4, 0.5) is 0 Å². The molecule has 0 aromatic heterocycles. The van der Waals surface area contributed by atoms with Gasteiger partial charge in [-0.15, -0.1) is 23.2 Å². The summed E-state index contributed by atoms with van der Waals surface area (Å²) in [5.41, 5.74) is 0.516. The van der Waals surface area contributed by atoms with Crippen LogP contribution in [0, 0.1) is 17.8 Å². The Morgan fingerprint density at radius 3 is 2.38 bits per heavy atom. The van der Waals surface area contributed by atoms with E-state index in [4.69, 9.17) is 27.9 Å². The summed E-state index contributed by atoms with van der Waals surface area (Å²) in [7, 11) is 1.35. The van der Waals surface area contributed by atoms with Crippen molar-refractivity contribution in [2.75, 3.05) is 13.7 Å². The van der Waals surface area contributed by atoms with E-state index in [-0.39, 0.29) is 29.7 Å². The van der Waals surface area contributed by atoms with Gasteiger partial charge in [-0.1, -0.05) is 17.7 Å². The Morgan fingerprint density at radius 1 is 1.08 bits per heavy atom. The molecule has 10 heteroatoms. The van der Waals surface area contributed by atoms with Crippen molar-refractivity contribution in [2.24, 2.45) is 17.8 Å². The SMILES string of the molecule is CCOc1cc([C@H]2C3=CC[C@@H]4C(=O)N(C(C)(C)C)C(=O)[C@@H]4[C@@H]3C[C@@]3(Cl)C(=O)N(C)C(=O)[C@@]23Cl)ccc1O. The van der Waals surface area contributed by atoms with Crippen LogP contribution in [-0.4, -0.2) is 67.5 Å². The lowest BCUT2D eigenvalue weighted by atomic mass is 9.56. The van der Waals surface area contributed by atoms with E-state index in [1.165, 1.54) is 18.0 Å². The number of allylic oxidation sites excluding steroid dienone is 2. The van der Waals surface area contributed by atoms with Crippen LogP contribution in [0.2, 0.25) is 0 Å². The monoisotopic (exact) mass is 548 g/mol. The Bertz CT molecular complexity index is 1270. The number of fused-ring (bicyclic) bond motifs is 4. The van der Waals surface area contributed by atoms with Crippen molar-refractivity contribution in [1.29, 1.82) is 0 Å². The fraction of sp³-hybridized carbons (Fsp3) is 0.556. The summed E-state index contributed by atoms with van der Waals surface area (Å²) in [5.74, 6) is -4.45. The molecule has 198 valence electrons. The fourth-order valence-electron chi connectivity index (χ4n) is 6.76. The second-order valence-corrected chi connectivity index (χ2v) is 12.6. The first-order valence-electron chi connectivity index (χ1n) is 12.4. The van der Waals surface area contributed by atoms with E-state index in [0.717, 1.165) is 4.90 Å². The first-order chi connectivity index (χ1) is 17.2. The van der Waals surface area contributed by atoms with Gasteiger partial charge in [-0.05, 0) is 64.2 Å². The van der Waals surface area contributed by atoms with Crippen molar-refractivity contribution in [3.8, 4) is 11.5 Å². The predicted molar refractivity (Wildman–Crippen MR) is 136 cm³/mol. The molecule has 1 aromatic carbocycles. The van der Waals surface area contributed by atoms with Gasteiger partial charge in [-0.25, -0.2) is 0 Å². The average Bonchev–Trinajstić information content (AvgIpc) is 3.16. The molecule has 0 bridgehead atoms. The highest BCUT2D eigenvalue weighted by Crippen LogP contribution is 2.65. The second kappa shape index (κ2) is 8.21. The first-order valence-corrected chi connectivity index (χ1v) is 13.2. The molecule has 1 aromatic rings. The Labute approximate surface area is 225 Å². The summed E-state index contributed by atoms with van der Waals surface area (Å²) in [4.78, 5) is 52.7. The number of halogens is 2. The van der Waals surface area contributed by atoms with Crippen molar-refractivity contribution in [3.63, 3.8) is 0 Å². The van der Waals surface area contributed by atoms with Gasteiger partial charge < -0.3 is 9.84 Å². The molecule has 2 aliphatic heterocycles. The smallest absolute Gasteiger partial charge is 0.253 e. The zero-order valence-corrected chi connectivity index (χ0v) is 22.9. The number of amides is 4. The maximum atomic E-state index is 13.8. The average molecular weight is 549 g/mol. The molecule has 4 aliphatic rings. The van der Waals surface area contributed by atoms with Crippen LogP contribution in [-0.2, 0) is 19.2 Å². The third-order valence-corrected chi connectivity index (χ3v) is 9.72. The molecule has 3 fully saturated rings. The van der Waals surface area contributed by atoms with Gasteiger partial charge in [-0.3, -0.25) is 29.0 Å². The highest BCUT2D eigenvalue weighted by Gasteiger charge is 2.76. The Morgan fingerprint density at radius 2 is 1.76 bits per heavy atom. The van der Waals surface area contributed by atoms with E-state index < -0.39 is 50.8 Å². The molecule has 6 atom stereocenters. The molecule has 2 heterocycles. The van der Waals surface area contributed by atoms with E-state index in [2.05, 4.69) is 0 Å². The quantitative estimate of drug-likeness (QED) is 0.351. The number of hydrogen-bond acceptors (Lipinski definition) is 6. The normalized spacial score (nSPS) is 35.4. The Balaban J connectivity index is 1.72. The molecule has 0 unspecified atom stereocenters. The molecule has 0 radical (unpaired) electrons. The predicted octanol–water partition coefficient (Wildman–Crippen LogP) is 3.58. The second-order valence-electron chi connectivity index (χ2n) is 11.3. The lowest BCUT2D eigenvalue weighted by Crippen LogP contribution is -2.60. The lowest BCUT2D eigenvalue weighted by Gasteiger charge is -2.50. The number of hydrogen-bond donors (Lipinski definition) is 1. The molecule has 2 saturated heterocycles. The zero-order chi connectivity index (χ0) is 27.2. The van der Waals surface area contributed by atoms with Crippen LogP contribution < -0.4 is 4.74 Å². The lowest BCUT2D eigenvalue weighted by molar-refractivity contribution is -0.146. The maximum Gasteiger partial charge on any atom is 0.253 e. The van der Waals surface area contributed by atoms with Gasteiger partial charge in [0.1, 0.15) is 0 Å². The van der Waals surface area contributed by atoms with Crippen LogP contribution >= 0.6 is 23.2 Å². The third kappa shape index (κ3) is 3.27. The third-order valence-electron chi connectivity index (χ3n) is 8.30. The molecule has 4 amide bonds. The molecule has 5 rings (SSSR count). The number of benzene rings is 1. The summed E-state index contributed by atoms with van der Waals surface area (Å²) in [6.07, 6.45) is 2.14. The molecule has 1 N–H and O–H groups in total. The number of carbonyl (C=O) groups is 4. The van der Waals surface area contributed by atoms with Crippen molar-refractivity contribution in [1.82, 2.24) is 9.80 Å². The van der Waals surface area contributed by atoms with Gasteiger partial charge in [-0.2, -0.15) is 0 Å². The number of aromatic hydroxyl groups is 1. The minimum atomic E-state index is -1.87. The van der Waals surface area contributed by atoms with E-state index in [1.54, 1.807) is 19.1 Å². The fourth-order valence-corrected chi connectivity index (χ4v) is 7.78. The summed E-state index contributed by atoms with van der Waals surface area (Å²) in [5, 5.41) is 10.3. The Kier molecular flexibility index (Phi) is 5.78. The maximum absolute atomic E-state index is 13.8. The number of rotatable bonds is 3. The first kappa shape index (κ1) is 26.0. The zero-order valence-electron chi connectivity index (χ0n) is 21.4. The highest BCUT2D eigenvalue weighted by atomic mass is 35.5. The van der Waals surface area contributed by atoms with E-state index in [9.17, 15) is 24.3 Å². The number of carbonyl (C=O) groups excluding carboxylic acids is 4. The topological polar surface area (TPSA) is 104 Å².